The lowest BCUT2D eigenvalue weighted by molar-refractivity contribution is -0.392. The Kier molecular flexibility index (Phi) is 5.54. The zero-order valence-electron chi connectivity index (χ0n) is 15.1. The molecule has 27 heavy (non-hydrogen) atoms. The van der Waals surface area contributed by atoms with E-state index in [1.807, 2.05) is 0 Å². The van der Waals surface area contributed by atoms with Crippen molar-refractivity contribution in [2.45, 2.75) is 46.1 Å². The van der Waals surface area contributed by atoms with Crippen molar-refractivity contribution in [3.8, 4) is 0 Å². The Labute approximate surface area is 159 Å². The van der Waals surface area contributed by atoms with Crippen LogP contribution in [-0.2, 0) is 28.9 Å². The number of anilines is 1. The van der Waals surface area contributed by atoms with E-state index in [0.29, 0.717) is 16.3 Å². The molecule has 0 radical (unpaired) electrons. The predicted molar refractivity (Wildman–Crippen MR) is 99.2 cm³/mol. The summed E-state index contributed by atoms with van der Waals surface area (Å²) < 4.78 is 6.20. The first-order valence-corrected chi connectivity index (χ1v) is 9.52. The second-order valence-electron chi connectivity index (χ2n) is 6.24. The van der Waals surface area contributed by atoms with E-state index in [0.717, 1.165) is 40.8 Å². The minimum atomic E-state index is -0.582. The molecule has 1 N–H and O–H groups in total. The van der Waals surface area contributed by atoms with Gasteiger partial charge in [-0.05, 0) is 50.0 Å². The fourth-order valence-corrected chi connectivity index (χ4v) is 4.46. The molecule has 10 heteroatoms. The van der Waals surface area contributed by atoms with Crippen molar-refractivity contribution in [3.05, 3.63) is 37.9 Å². The molecule has 0 spiro atoms. The second-order valence-corrected chi connectivity index (χ2v) is 7.35. The monoisotopic (exact) mass is 392 g/mol. The molecule has 1 amide bonds. The summed E-state index contributed by atoms with van der Waals surface area (Å²) in [6.45, 7) is 3.28. The molecular weight excluding hydrogens is 372 g/mol. The molecule has 0 fully saturated rings. The molecule has 0 bridgehead atoms. The van der Waals surface area contributed by atoms with Gasteiger partial charge < -0.3 is 20.2 Å². The van der Waals surface area contributed by atoms with Crippen molar-refractivity contribution in [1.82, 2.24) is 9.78 Å². The molecule has 2 aromatic heterocycles. The lowest BCUT2D eigenvalue weighted by Gasteiger charge is -2.12. The van der Waals surface area contributed by atoms with Gasteiger partial charge in [-0.1, -0.05) is 5.10 Å². The summed E-state index contributed by atoms with van der Waals surface area (Å²) in [5, 5.41) is 18.2. The number of carbonyl (C=O) groups excluding carboxylic acids is 2. The Hall–Kier alpha value is -2.75. The molecule has 0 atom stereocenters. The largest absolute Gasteiger partial charge is 0.462 e. The molecule has 1 aliphatic carbocycles. The molecule has 9 nitrogen and oxygen atoms in total. The molecule has 0 aromatic carbocycles. The Morgan fingerprint density at radius 1 is 1.41 bits per heavy atom. The van der Waals surface area contributed by atoms with Gasteiger partial charge in [-0.3, -0.25) is 4.79 Å². The number of hydrogen-bond acceptors (Lipinski definition) is 7. The fraction of sp³-hybridized carbons (Fsp3) is 0.471. The molecular formula is C17H20N4O5S. The highest BCUT2D eigenvalue weighted by Crippen LogP contribution is 2.38. The highest BCUT2D eigenvalue weighted by Gasteiger charge is 2.28. The van der Waals surface area contributed by atoms with Crippen molar-refractivity contribution in [3.63, 3.8) is 0 Å². The summed E-state index contributed by atoms with van der Waals surface area (Å²) in [7, 11) is 0. The van der Waals surface area contributed by atoms with Gasteiger partial charge in [0.15, 0.2) is 6.54 Å². The van der Waals surface area contributed by atoms with E-state index in [2.05, 4.69) is 10.4 Å². The Bertz CT molecular complexity index is 902. The molecule has 0 unspecified atom stereocenters. The number of amides is 1. The fourth-order valence-electron chi connectivity index (χ4n) is 3.17. The molecule has 2 heterocycles. The van der Waals surface area contributed by atoms with Crippen molar-refractivity contribution >= 4 is 34.0 Å². The van der Waals surface area contributed by atoms with Crippen LogP contribution in [0.2, 0.25) is 0 Å². The lowest BCUT2D eigenvalue weighted by atomic mass is 9.95. The number of esters is 1. The van der Waals surface area contributed by atoms with Crippen molar-refractivity contribution in [2.75, 3.05) is 11.9 Å². The standard InChI is InChI=1S/C17H20N4O5S/c1-3-26-17(23)15-11-6-4-5-7-12(11)27-16(15)18-13(22)9-20-14(21(24)25)8-10(2)19-20/h8H,3-7,9H2,1-2H3,(H,18,22). The van der Waals surface area contributed by atoms with Gasteiger partial charge in [0.1, 0.15) is 5.00 Å². The maximum Gasteiger partial charge on any atom is 0.345 e. The summed E-state index contributed by atoms with van der Waals surface area (Å²) in [5.41, 5.74) is 1.81. The van der Waals surface area contributed by atoms with E-state index < -0.39 is 16.8 Å². The molecule has 144 valence electrons. The number of nitrogens with one attached hydrogen (secondary N) is 1. The van der Waals surface area contributed by atoms with Gasteiger partial charge in [0.25, 0.3) is 5.91 Å². The van der Waals surface area contributed by atoms with Gasteiger partial charge in [-0.25, -0.2) is 4.79 Å². The van der Waals surface area contributed by atoms with Crippen LogP contribution >= 0.6 is 11.3 Å². The molecule has 3 rings (SSSR count). The SMILES string of the molecule is CCOC(=O)c1c(NC(=O)Cn2nc(C)cc2[N+](=O)[O-])sc2c1CCCC2. The number of ether oxygens (including phenoxy) is 1. The van der Waals surface area contributed by atoms with Crippen molar-refractivity contribution in [2.24, 2.45) is 0 Å². The number of hydrogen-bond donors (Lipinski definition) is 1. The summed E-state index contributed by atoms with van der Waals surface area (Å²) in [6.07, 6.45) is 3.68. The van der Waals surface area contributed by atoms with Crippen molar-refractivity contribution in [1.29, 1.82) is 0 Å². The Morgan fingerprint density at radius 2 is 2.15 bits per heavy atom. The third-order valence-corrected chi connectivity index (χ3v) is 5.47. The molecule has 0 saturated heterocycles. The number of nitrogens with zero attached hydrogens (tertiary/aromatic N) is 3. The van der Waals surface area contributed by atoms with Crippen molar-refractivity contribution < 1.29 is 19.2 Å². The average Bonchev–Trinajstić information content (AvgIpc) is 3.14. The van der Waals surface area contributed by atoms with E-state index in [4.69, 9.17) is 4.74 Å². The number of rotatable bonds is 6. The highest BCUT2D eigenvalue weighted by molar-refractivity contribution is 7.17. The van der Waals surface area contributed by atoms with E-state index in [1.54, 1.807) is 13.8 Å². The average molecular weight is 392 g/mol. The van der Waals surface area contributed by atoms with E-state index in [-0.39, 0.29) is 19.0 Å². The van der Waals surface area contributed by atoms with Crippen LogP contribution in [0, 0.1) is 17.0 Å². The number of nitro groups is 1. The van der Waals surface area contributed by atoms with Gasteiger partial charge >= 0.3 is 11.8 Å². The smallest absolute Gasteiger partial charge is 0.345 e. The number of thiophene rings is 1. The maximum absolute atomic E-state index is 12.5. The van der Waals surface area contributed by atoms with Crippen LogP contribution in [0.3, 0.4) is 0 Å². The van der Waals surface area contributed by atoms with Crippen LogP contribution in [0.15, 0.2) is 6.07 Å². The van der Waals surface area contributed by atoms with Gasteiger partial charge in [-0.2, -0.15) is 0 Å². The normalized spacial score (nSPS) is 13.1. The number of aryl methyl sites for hydroxylation is 2. The summed E-state index contributed by atoms with van der Waals surface area (Å²) in [4.78, 5) is 36.5. The second kappa shape index (κ2) is 7.87. The van der Waals surface area contributed by atoms with Crippen LogP contribution in [0.1, 0.15) is 46.3 Å². The topological polar surface area (TPSA) is 116 Å². The van der Waals surface area contributed by atoms with Crippen LogP contribution < -0.4 is 5.32 Å². The quantitative estimate of drug-likeness (QED) is 0.459. The van der Waals surface area contributed by atoms with E-state index in [9.17, 15) is 19.7 Å². The summed E-state index contributed by atoms with van der Waals surface area (Å²) in [6, 6.07) is 1.31. The summed E-state index contributed by atoms with van der Waals surface area (Å²) >= 11 is 1.37. The van der Waals surface area contributed by atoms with Gasteiger partial charge in [0, 0.05) is 4.88 Å². The first-order chi connectivity index (χ1) is 12.9. The van der Waals surface area contributed by atoms with Crippen LogP contribution in [-0.4, -0.2) is 33.2 Å². The van der Waals surface area contributed by atoms with Gasteiger partial charge in [0.2, 0.25) is 0 Å². The van der Waals surface area contributed by atoms with E-state index >= 15 is 0 Å². The first-order valence-electron chi connectivity index (χ1n) is 8.71. The maximum atomic E-state index is 12.5. The minimum Gasteiger partial charge on any atom is -0.462 e. The predicted octanol–water partition coefficient (Wildman–Crippen LogP) is 2.86. The zero-order chi connectivity index (χ0) is 19.6. The van der Waals surface area contributed by atoms with Crippen LogP contribution in [0.5, 0.6) is 0 Å². The van der Waals surface area contributed by atoms with Crippen LogP contribution in [0.4, 0.5) is 10.8 Å². The third kappa shape index (κ3) is 4.00. The Balaban J connectivity index is 1.85. The molecule has 1 aliphatic rings. The number of carbonyl (C=O) groups is 2. The third-order valence-electron chi connectivity index (χ3n) is 4.27. The minimum absolute atomic E-state index is 0.246. The van der Waals surface area contributed by atoms with Crippen LogP contribution in [0.25, 0.3) is 0 Å². The molecule has 0 aliphatic heterocycles. The number of fused-ring (bicyclic) bond motifs is 1. The highest BCUT2D eigenvalue weighted by atomic mass is 32.1. The summed E-state index contributed by atoms with van der Waals surface area (Å²) in [5.74, 6) is -1.18. The van der Waals surface area contributed by atoms with Gasteiger partial charge in [0.05, 0.1) is 23.9 Å². The number of aromatic nitrogens is 2. The van der Waals surface area contributed by atoms with Gasteiger partial charge in [-0.15, -0.1) is 16.0 Å². The first kappa shape index (κ1) is 19.0. The Morgan fingerprint density at radius 3 is 2.85 bits per heavy atom. The zero-order valence-corrected chi connectivity index (χ0v) is 15.9. The molecule has 2 aromatic rings. The van der Waals surface area contributed by atoms with E-state index in [1.165, 1.54) is 17.4 Å². The molecule has 0 saturated carbocycles. The lowest BCUT2D eigenvalue weighted by Crippen LogP contribution is -2.21.